The molecule has 1 aromatic carbocycles. The highest BCUT2D eigenvalue weighted by atomic mass is 16.2. The van der Waals surface area contributed by atoms with E-state index in [1.807, 2.05) is 42.2 Å². The Morgan fingerprint density at radius 3 is 2.32 bits per heavy atom. The molecule has 0 atom stereocenters. The lowest BCUT2D eigenvalue weighted by Crippen LogP contribution is -2.49. The zero-order chi connectivity index (χ0) is 19.9. The maximum Gasteiger partial charge on any atom is 0.222 e. The molecule has 1 aliphatic carbocycles. The zero-order valence-corrected chi connectivity index (χ0v) is 16.5. The number of carbonyl (C=O) groups excluding carboxylic acids is 3. The van der Waals surface area contributed by atoms with Gasteiger partial charge in [-0.3, -0.25) is 19.3 Å². The number of ketones is 2. The molecule has 6 nitrogen and oxygen atoms in total. The van der Waals surface area contributed by atoms with E-state index in [4.69, 9.17) is 0 Å². The van der Waals surface area contributed by atoms with Crippen molar-refractivity contribution in [3.63, 3.8) is 0 Å². The largest absolute Gasteiger partial charge is 0.389 e. The number of carbonyl (C=O) groups is 3. The Morgan fingerprint density at radius 1 is 1.07 bits per heavy atom. The van der Waals surface area contributed by atoms with Crippen molar-refractivity contribution in [3.8, 4) is 0 Å². The second kappa shape index (κ2) is 9.64. The third-order valence-corrected chi connectivity index (χ3v) is 5.58. The molecule has 28 heavy (non-hydrogen) atoms. The van der Waals surface area contributed by atoms with Crippen LogP contribution >= 0.6 is 0 Å². The molecule has 1 heterocycles. The lowest BCUT2D eigenvalue weighted by atomic mass is 9.80. The van der Waals surface area contributed by atoms with Crippen LogP contribution in [0.5, 0.6) is 0 Å². The van der Waals surface area contributed by atoms with Crippen molar-refractivity contribution < 1.29 is 14.4 Å². The summed E-state index contributed by atoms with van der Waals surface area (Å²) in [4.78, 5) is 40.8. The van der Waals surface area contributed by atoms with Gasteiger partial charge in [-0.1, -0.05) is 37.3 Å². The summed E-state index contributed by atoms with van der Waals surface area (Å²) in [6.45, 7) is 6.65. The highest BCUT2D eigenvalue weighted by molar-refractivity contribution is 6.22. The van der Waals surface area contributed by atoms with E-state index in [2.05, 4.69) is 10.2 Å². The molecule has 1 aromatic rings. The van der Waals surface area contributed by atoms with Gasteiger partial charge >= 0.3 is 0 Å². The Bertz CT molecular complexity index is 717. The standard InChI is InChI=1S/C22H29N3O3/c1-2-22(28)25-12-10-24(11-13-25)9-8-23-16-19-20(26)14-18(15-21(19)27)17-6-4-3-5-7-17/h3-7,16,18,23H,2,8-15H2,1H3. The first-order valence-corrected chi connectivity index (χ1v) is 10.1. The van der Waals surface area contributed by atoms with Crippen LogP contribution in [0.3, 0.4) is 0 Å². The molecule has 1 aliphatic heterocycles. The normalized spacial score (nSPS) is 21.0. The predicted molar refractivity (Wildman–Crippen MR) is 108 cm³/mol. The van der Waals surface area contributed by atoms with Gasteiger partial charge in [-0.25, -0.2) is 0 Å². The first kappa shape index (κ1) is 20.3. The summed E-state index contributed by atoms with van der Waals surface area (Å²) < 4.78 is 0. The fourth-order valence-electron chi connectivity index (χ4n) is 3.86. The molecule has 0 aromatic heterocycles. The Balaban J connectivity index is 1.43. The van der Waals surface area contributed by atoms with Crippen molar-refractivity contribution in [2.24, 2.45) is 0 Å². The van der Waals surface area contributed by atoms with Crippen LogP contribution < -0.4 is 5.32 Å². The van der Waals surface area contributed by atoms with Gasteiger partial charge in [0.05, 0.1) is 5.57 Å². The van der Waals surface area contributed by atoms with Gasteiger partial charge in [-0.05, 0) is 11.5 Å². The number of hydrogen-bond donors (Lipinski definition) is 1. The number of Topliss-reactive ketones (excluding diaryl/α,β-unsaturated/α-hetero) is 2. The summed E-state index contributed by atoms with van der Waals surface area (Å²) in [6, 6.07) is 9.77. The Morgan fingerprint density at radius 2 is 1.71 bits per heavy atom. The lowest BCUT2D eigenvalue weighted by Gasteiger charge is -2.34. The Labute approximate surface area is 166 Å². The van der Waals surface area contributed by atoms with Crippen LogP contribution in [0.15, 0.2) is 42.1 Å². The minimum Gasteiger partial charge on any atom is -0.389 e. The van der Waals surface area contributed by atoms with Gasteiger partial charge < -0.3 is 10.2 Å². The number of nitrogens with zero attached hydrogens (tertiary/aromatic N) is 2. The van der Waals surface area contributed by atoms with Crippen LogP contribution in [-0.2, 0) is 14.4 Å². The number of allylic oxidation sites excluding steroid dienone is 1. The molecule has 6 heteroatoms. The first-order valence-electron chi connectivity index (χ1n) is 10.1. The van der Waals surface area contributed by atoms with Crippen molar-refractivity contribution in [1.29, 1.82) is 0 Å². The first-order chi connectivity index (χ1) is 13.6. The van der Waals surface area contributed by atoms with Crippen molar-refractivity contribution in [1.82, 2.24) is 15.1 Å². The minimum absolute atomic E-state index is 0.0134. The van der Waals surface area contributed by atoms with E-state index < -0.39 is 0 Å². The Hall–Kier alpha value is -2.47. The molecule has 0 radical (unpaired) electrons. The number of piperazine rings is 1. The van der Waals surface area contributed by atoms with Gasteiger partial charge in [0.15, 0.2) is 11.6 Å². The van der Waals surface area contributed by atoms with E-state index >= 15 is 0 Å². The molecular weight excluding hydrogens is 354 g/mol. The van der Waals surface area contributed by atoms with Gasteiger partial charge in [0.25, 0.3) is 0 Å². The summed E-state index contributed by atoms with van der Waals surface area (Å²) in [6.07, 6.45) is 2.93. The second-order valence-electron chi connectivity index (χ2n) is 7.45. The van der Waals surface area contributed by atoms with Gasteiger partial charge in [0.2, 0.25) is 5.91 Å². The highest BCUT2D eigenvalue weighted by Crippen LogP contribution is 2.31. The molecule has 1 saturated heterocycles. The van der Waals surface area contributed by atoms with Crippen molar-refractivity contribution in [2.45, 2.75) is 32.1 Å². The maximum atomic E-state index is 12.4. The molecule has 0 unspecified atom stereocenters. The molecule has 150 valence electrons. The van der Waals surface area contributed by atoms with Gasteiger partial charge in [0.1, 0.15) is 0 Å². The summed E-state index contributed by atoms with van der Waals surface area (Å²) >= 11 is 0. The molecule has 1 amide bonds. The van der Waals surface area contributed by atoms with E-state index in [0.717, 1.165) is 38.3 Å². The summed E-state index contributed by atoms with van der Waals surface area (Å²) in [5, 5.41) is 3.14. The lowest BCUT2D eigenvalue weighted by molar-refractivity contribution is -0.132. The van der Waals surface area contributed by atoms with E-state index in [1.165, 1.54) is 0 Å². The number of rotatable bonds is 6. The molecule has 2 aliphatic rings. The van der Waals surface area contributed by atoms with Crippen LogP contribution in [0.4, 0.5) is 0 Å². The molecule has 2 fully saturated rings. The number of amides is 1. The Kier molecular flexibility index (Phi) is 6.98. The summed E-state index contributed by atoms with van der Waals surface area (Å²) in [7, 11) is 0. The van der Waals surface area contributed by atoms with Crippen LogP contribution in [0.2, 0.25) is 0 Å². The highest BCUT2D eigenvalue weighted by Gasteiger charge is 2.31. The van der Waals surface area contributed by atoms with E-state index in [9.17, 15) is 14.4 Å². The molecule has 1 N–H and O–H groups in total. The van der Waals surface area contributed by atoms with Crippen molar-refractivity contribution in [2.75, 3.05) is 39.3 Å². The molecule has 0 spiro atoms. The molecule has 1 saturated carbocycles. The monoisotopic (exact) mass is 383 g/mol. The van der Waals surface area contributed by atoms with E-state index in [1.54, 1.807) is 6.20 Å². The number of hydrogen-bond acceptors (Lipinski definition) is 5. The average molecular weight is 383 g/mol. The molecule has 3 rings (SSSR count). The van der Waals surface area contributed by atoms with Crippen LogP contribution in [0.25, 0.3) is 0 Å². The van der Waals surface area contributed by atoms with E-state index in [-0.39, 0.29) is 23.4 Å². The van der Waals surface area contributed by atoms with Crippen LogP contribution in [0, 0.1) is 0 Å². The quantitative estimate of drug-likeness (QED) is 0.460. The van der Waals surface area contributed by atoms with Gasteiger partial charge in [-0.2, -0.15) is 0 Å². The summed E-state index contributed by atoms with van der Waals surface area (Å²) in [5.41, 5.74) is 1.35. The molecule has 0 bridgehead atoms. The fourth-order valence-corrected chi connectivity index (χ4v) is 3.86. The molecular formula is C22H29N3O3. The predicted octanol–water partition coefficient (Wildman–Crippen LogP) is 1.73. The van der Waals surface area contributed by atoms with Gasteiger partial charge in [-0.15, -0.1) is 0 Å². The van der Waals surface area contributed by atoms with Crippen LogP contribution in [-0.4, -0.2) is 66.5 Å². The number of nitrogens with one attached hydrogen (secondary N) is 1. The zero-order valence-electron chi connectivity index (χ0n) is 16.5. The van der Waals surface area contributed by atoms with Crippen LogP contribution in [0.1, 0.15) is 37.7 Å². The number of benzene rings is 1. The third-order valence-electron chi connectivity index (χ3n) is 5.58. The van der Waals surface area contributed by atoms with E-state index in [0.29, 0.717) is 31.4 Å². The SMILES string of the molecule is CCC(=O)N1CCN(CCNC=C2C(=O)CC(c3ccccc3)CC2=O)CC1. The van der Waals surface area contributed by atoms with Crippen molar-refractivity contribution >= 4 is 17.5 Å². The average Bonchev–Trinajstić information content (AvgIpc) is 2.73. The third kappa shape index (κ3) is 5.07. The smallest absolute Gasteiger partial charge is 0.222 e. The minimum atomic E-state index is -0.0794. The topological polar surface area (TPSA) is 69.7 Å². The second-order valence-corrected chi connectivity index (χ2v) is 7.45. The van der Waals surface area contributed by atoms with Crippen molar-refractivity contribution in [3.05, 3.63) is 47.7 Å². The summed E-state index contributed by atoms with van der Waals surface area (Å²) in [5.74, 6) is 0.0414. The fraction of sp³-hybridized carbons (Fsp3) is 0.500. The van der Waals surface area contributed by atoms with Gasteiger partial charge in [0, 0.05) is 64.7 Å². The maximum absolute atomic E-state index is 12.4.